The maximum absolute atomic E-state index is 12.1. The number of anilines is 1. The Labute approximate surface area is 142 Å². The minimum absolute atomic E-state index is 0.0729. The molecule has 0 saturated carbocycles. The van der Waals surface area contributed by atoms with Crippen molar-refractivity contribution in [3.63, 3.8) is 0 Å². The highest BCUT2D eigenvalue weighted by Crippen LogP contribution is 2.11. The van der Waals surface area contributed by atoms with Gasteiger partial charge in [0.15, 0.2) is 0 Å². The predicted molar refractivity (Wildman–Crippen MR) is 91.8 cm³/mol. The molecule has 1 aliphatic rings. The number of carbonyl (C=O) groups excluding carboxylic acids is 3. The average molecular weight is 332 g/mol. The van der Waals surface area contributed by atoms with Gasteiger partial charge < -0.3 is 15.1 Å². The second-order valence-electron chi connectivity index (χ2n) is 6.11. The van der Waals surface area contributed by atoms with Crippen molar-refractivity contribution >= 4 is 23.4 Å². The van der Waals surface area contributed by atoms with Crippen LogP contribution in [0.25, 0.3) is 0 Å². The summed E-state index contributed by atoms with van der Waals surface area (Å²) in [5.41, 5.74) is 1.25. The number of rotatable bonds is 4. The first-order valence-corrected chi connectivity index (χ1v) is 7.96. The lowest BCUT2D eigenvalue weighted by Gasteiger charge is -2.33. The maximum Gasteiger partial charge on any atom is 0.253 e. The summed E-state index contributed by atoms with van der Waals surface area (Å²) >= 11 is 0. The third-order valence-electron chi connectivity index (χ3n) is 4.01. The number of hydrogen-bond donors (Lipinski definition) is 1. The van der Waals surface area contributed by atoms with Gasteiger partial charge in [0.05, 0.1) is 6.54 Å². The predicted octanol–water partition coefficient (Wildman–Crippen LogP) is 0.491. The van der Waals surface area contributed by atoms with E-state index < -0.39 is 0 Å². The standard InChI is InChI=1S/C17H24N4O3/c1-13(22)21-10-8-20(9-11-21)12-16(23)18-15-6-4-14(5-7-15)17(24)19(2)3/h4-7H,8-12H2,1-3H3,(H,18,23). The fourth-order valence-electron chi connectivity index (χ4n) is 2.58. The lowest BCUT2D eigenvalue weighted by Crippen LogP contribution is -2.49. The van der Waals surface area contributed by atoms with Gasteiger partial charge in [-0.2, -0.15) is 0 Å². The maximum atomic E-state index is 12.1. The molecule has 1 saturated heterocycles. The molecule has 0 aromatic heterocycles. The lowest BCUT2D eigenvalue weighted by molar-refractivity contribution is -0.130. The molecule has 130 valence electrons. The fraction of sp³-hybridized carbons (Fsp3) is 0.471. The Bertz CT molecular complexity index is 605. The van der Waals surface area contributed by atoms with Crippen LogP contribution in [-0.4, -0.2) is 79.2 Å². The van der Waals surface area contributed by atoms with Crippen LogP contribution < -0.4 is 5.32 Å². The number of nitrogens with zero attached hydrogens (tertiary/aromatic N) is 3. The van der Waals surface area contributed by atoms with Crippen molar-refractivity contribution in [2.75, 3.05) is 52.1 Å². The van der Waals surface area contributed by atoms with Crippen molar-refractivity contribution in [3.05, 3.63) is 29.8 Å². The molecule has 1 aromatic rings. The molecular weight excluding hydrogens is 308 g/mol. The van der Waals surface area contributed by atoms with E-state index in [-0.39, 0.29) is 17.7 Å². The van der Waals surface area contributed by atoms with Crippen LogP contribution in [0.4, 0.5) is 5.69 Å². The zero-order chi connectivity index (χ0) is 17.7. The van der Waals surface area contributed by atoms with Gasteiger partial charge in [-0.25, -0.2) is 0 Å². The highest BCUT2D eigenvalue weighted by molar-refractivity contribution is 5.96. The van der Waals surface area contributed by atoms with E-state index in [4.69, 9.17) is 0 Å². The van der Waals surface area contributed by atoms with Crippen molar-refractivity contribution < 1.29 is 14.4 Å². The molecule has 7 heteroatoms. The number of nitrogens with one attached hydrogen (secondary N) is 1. The average Bonchev–Trinajstić information content (AvgIpc) is 2.55. The van der Waals surface area contributed by atoms with E-state index in [1.807, 2.05) is 4.90 Å². The third-order valence-corrected chi connectivity index (χ3v) is 4.01. The van der Waals surface area contributed by atoms with E-state index in [1.165, 1.54) is 4.90 Å². The highest BCUT2D eigenvalue weighted by atomic mass is 16.2. The Kier molecular flexibility index (Phi) is 5.92. The van der Waals surface area contributed by atoms with Crippen LogP contribution in [0.15, 0.2) is 24.3 Å². The van der Waals surface area contributed by atoms with Crippen LogP contribution in [0.1, 0.15) is 17.3 Å². The smallest absolute Gasteiger partial charge is 0.253 e. The molecule has 1 heterocycles. The molecule has 1 aliphatic heterocycles. The first-order valence-electron chi connectivity index (χ1n) is 7.96. The number of amides is 3. The molecule has 0 spiro atoms. The first-order chi connectivity index (χ1) is 11.4. The van der Waals surface area contributed by atoms with Gasteiger partial charge >= 0.3 is 0 Å². The van der Waals surface area contributed by atoms with Gasteiger partial charge in [-0.1, -0.05) is 0 Å². The molecule has 1 aromatic carbocycles. The van der Waals surface area contributed by atoms with Crippen molar-refractivity contribution in [2.24, 2.45) is 0 Å². The van der Waals surface area contributed by atoms with Crippen molar-refractivity contribution in [2.45, 2.75) is 6.92 Å². The Balaban J connectivity index is 1.82. The van der Waals surface area contributed by atoms with Gasteiger partial charge in [-0.05, 0) is 24.3 Å². The SMILES string of the molecule is CC(=O)N1CCN(CC(=O)Nc2ccc(C(=O)N(C)C)cc2)CC1. The van der Waals surface area contributed by atoms with Crippen LogP contribution >= 0.6 is 0 Å². The summed E-state index contributed by atoms with van der Waals surface area (Å²) in [6, 6.07) is 6.85. The number of benzene rings is 1. The zero-order valence-electron chi connectivity index (χ0n) is 14.4. The van der Waals surface area contributed by atoms with E-state index in [1.54, 1.807) is 50.2 Å². The van der Waals surface area contributed by atoms with Crippen LogP contribution in [0.2, 0.25) is 0 Å². The number of carbonyl (C=O) groups is 3. The molecule has 0 bridgehead atoms. The molecule has 24 heavy (non-hydrogen) atoms. The van der Waals surface area contributed by atoms with Gasteiger partial charge in [0, 0.05) is 58.4 Å². The number of piperazine rings is 1. The largest absolute Gasteiger partial charge is 0.345 e. The molecule has 0 atom stereocenters. The Hall–Kier alpha value is -2.41. The summed E-state index contributed by atoms with van der Waals surface area (Å²) < 4.78 is 0. The monoisotopic (exact) mass is 332 g/mol. The molecule has 2 rings (SSSR count). The third kappa shape index (κ3) is 4.79. The molecule has 1 N–H and O–H groups in total. The molecule has 1 fully saturated rings. The summed E-state index contributed by atoms with van der Waals surface area (Å²) in [5.74, 6) is -0.0966. The van der Waals surface area contributed by atoms with Gasteiger partial charge in [-0.15, -0.1) is 0 Å². The highest BCUT2D eigenvalue weighted by Gasteiger charge is 2.20. The van der Waals surface area contributed by atoms with E-state index in [9.17, 15) is 14.4 Å². The summed E-state index contributed by atoms with van der Waals surface area (Å²) in [4.78, 5) is 40.5. The molecule has 0 radical (unpaired) electrons. The van der Waals surface area contributed by atoms with Gasteiger partial charge in [-0.3, -0.25) is 19.3 Å². The van der Waals surface area contributed by atoms with Crippen LogP contribution in [0.3, 0.4) is 0 Å². The van der Waals surface area contributed by atoms with E-state index in [0.29, 0.717) is 44.0 Å². The Morgan fingerprint density at radius 3 is 2.12 bits per heavy atom. The molecule has 0 aliphatic carbocycles. The lowest BCUT2D eigenvalue weighted by atomic mass is 10.2. The van der Waals surface area contributed by atoms with E-state index in [2.05, 4.69) is 5.32 Å². The van der Waals surface area contributed by atoms with Crippen LogP contribution in [0, 0.1) is 0 Å². The van der Waals surface area contributed by atoms with Crippen molar-refractivity contribution in [1.29, 1.82) is 0 Å². The summed E-state index contributed by atoms with van der Waals surface area (Å²) in [7, 11) is 3.40. The van der Waals surface area contributed by atoms with E-state index in [0.717, 1.165) is 0 Å². The molecular formula is C17H24N4O3. The van der Waals surface area contributed by atoms with Crippen LogP contribution in [-0.2, 0) is 9.59 Å². The molecule has 0 unspecified atom stereocenters. The summed E-state index contributed by atoms with van der Waals surface area (Å²) in [5, 5.41) is 2.83. The number of hydrogen-bond acceptors (Lipinski definition) is 4. The molecule has 3 amide bonds. The fourth-order valence-corrected chi connectivity index (χ4v) is 2.58. The van der Waals surface area contributed by atoms with E-state index >= 15 is 0 Å². The quantitative estimate of drug-likeness (QED) is 0.871. The summed E-state index contributed by atoms with van der Waals surface area (Å²) in [6.07, 6.45) is 0. The van der Waals surface area contributed by atoms with Crippen LogP contribution in [0.5, 0.6) is 0 Å². The second-order valence-corrected chi connectivity index (χ2v) is 6.11. The second kappa shape index (κ2) is 7.92. The topological polar surface area (TPSA) is 73.0 Å². The van der Waals surface area contributed by atoms with Crippen molar-refractivity contribution in [3.8, 4) is 0 Å². The summed E-state index contributed by atoms with van der Waals surface area (Å²) in [6.45, 7) is 4.57. The van der Waals surface area contributed by atoms with Gasteiger partial charge in [0.2, 0.25) is 11.8 Å². The van der Waals surface area contributed by atoms with Gasteiger partial charge in [0.25, 0.3) is 5.91 Å². The zero-order valence-corrected chi connectivity index (χ0v) is 14.4. The van der Waals surface area contributed by atoms with Gasteiger partial charge in [0.1, 0.15) is 0 Å². The Morgan fingerprint density at radius 1 is 1.04 bits per heavy atom. The normalized spacial score (nSPS) is 15.0. The molecule has 7 nitrogen and oxygen atoms in total. The minimum atomic E-state index is -0.0991. The Morgan fingerprint density at radius 2 is 1.62 bits per heavy atom. The van der Waals surface area contributed by atoms with Crippen molar-refractivity contribution in [1.82, 2.24) is 14.7 Å². The first kappa shape index (κ1) is 17.9. The minimum Gasteiger partial charge on any atom is -0.345 e.